The van der Waals surface area contributed by atoms with Crippen molar-refractivity contribution in [1.82, 2.24) is 0 Å². The van der Waals surface area contributed by atoms with E-state index in [-0.39, 0.29) is 0 Å². The van der Waals surface area contributed by atoms with E-state index in [1.54, 1.807) is 0 Å². The van der Waals surface area contributed by atoms with E-state index in [2.05, 4.69) is 66.9 Å². The monoisotopic (exact) mass is 327 g/mol. The standard InChI is InChI=1S/C23H21NO/c1-15-9-11-19-21(13-15)25-22-14-17(24(3)4)10-12-20(22)23(19)18-8-6-5-7-16(18)2/h5-14H,1H2,2-4H3. The number of anilines is 1. The Morgan fingerprint density at radius 2 is 1.64 bits per heavy atom. The summed E-state index contributed by atoms with van der Waals surface area (Å²) in [5.74, 6) is 1.76. The highest BCUT2D eigenvalue weighted by Crippen LogP contribution is 2.38. The van der Waals surface area contributed by atoms with E-state index in [9.17, 15) is 0 Å². The highest BCUT2D eigenvalue weighted by molar-refractivity contribution is 5.87. The van der Waals surface area contributed by atoms with Gasteiger partial charge in [-0.3, -0.25) is 0 Å². The highest BCUT2D eigenvalue weighted by atomic mass is 16.5. The van der Waals surface area contributed by atoms with Gasteiger partial charge in [0.05, 0.1) is 0 Å². The summed E-state index contributed by atoms with van der Waals surface area (Å²) >= 11 is 0. The van der Waals surface area contributed by atoms with Crippen molar-refractivity contribution in [2.45, 2.75) is 6.92 Å². The number of ether oxygens (including phenoxy) is 1. The summed E-state index contributed by atoms with van der Waals surface area (Å²) in [6, 6.07) is 21.1. The normalized spacial score (nSPS) is 12.2. The van der Waals surface area contributed by atoms with Gasteiger partial charge in [-0.1, -0.05) is 43.0 Å². The number of nitrogens with zero attached hydrogens (tertiary/aromatic N) is 1. The van der Waals surface area contributed by atoms with Gasteiger partial charge in [0, 0.05) is 42.2 Å². The van der Waals surface area contributed by atoms with Gasteiger partial charge < -0.3 is 9.64 Å². The van der Waals surface area contributed by atoms with Gasteiger partial charge in [0.2, 0.25) is 0 Å². The Bertz CT molecular complexity index is 1080. The average Bonchev–Trinajstić information content (AvgIpc) is 2.59. The lowest BCUT2D eigenvalue weighted by atomic mass is 9.90. The zero-order chi connectivity index (χ0) is 17.6. The lowest BCUT2D eigenvalue weighted by Gasteiger charge is -2.24. The minimum absolute atomic E-state index is 0.870. The highest BCUT2D eigenvalue weighted by Gasteiger charge is 2.21. The Morgan fingerprint density at radius 1 is 0.840 bits per heavy atom. The largest absolute Gasteiger partial charge is 0.456 e. The van der Waals surface area contributed by atoms with Crippen LogP contribution >= 0.6 is 0 Å². The Balaban J connectivity index is 2.09. The third-order valence-electron chi connectivity index (χ3n) is 4.70. The maximum atomic E-state index is 6.25. The van der Waals surface area contributed by atoms with Crippen molar-refractivity contribution in [3.8, 4) is 11.5 Å². The minimum atomic E-state index is 0.870. The lowest BCUT2D eigenvalue weighted by Crippen LogP contribution is -2.20. The Labute approximate surface area is 148 Å². The molecule has 0 aromatic heterocycles. The quantitative estimate of drug-likeness (QED) is 0.555. The number of hydrogen-bond acceptors (Lipinski definition) is 2. The molecule has 3 aromatic carbocycles. The lowest BCUT2D eigenvalue weighted by molar-refractivity contribution is 0.472. The molecule has 0 radical (unpaired) electrons. The fraction of sp³-hybridized carbons (Fsp3) is 0.130. The van der Waals surface area contributed by atoms with E-state index in [0.717, 1.165) is 33.2 Å². The van der Waals surface area contributed by atoms with Crippen LogP contribution in [-0.2, 0) is 0 Å². The molecule has 1 aliphatic heterocycles. The van der Waals surface area contributed by atoms with Crippen molar-refractivity contribution in [2.24, 2.45) is 0 Å². The first kappa shape index (κ1) is 15.5. The molecule has 4 rings (SSSR count). The van der Waals surface area contributed by atoms with Crippen molar-refractivity contribution >= 4 is 17.8 Å². The smallest absolute Gasteiger partial charge is 0.137 e. The molecular weight excluding hydrogens is 306 g/mol. The van der Waals surface area contributed by atoms with E-state index in [0.29, 0.717) is 0 Å². The second kappa shape index (κ2) is 5.82. The third-order valence-corrected chi connectivity index (χ3v) is 4.70. The van der Waals surface area contributed by atoms with Gasteiger partial charge >= 0.3 is 0 Å². The SMILES string of the molecule is C=c1ccc2c(c1)Oc1cc(N(C)C)ccc1C=2c1ccccc1C. The Hall–Kier alpha value is -3.00. The van der Waals surface area contributed by atoms with Crippen LogP contribution in [0.4, 0.5) is 5.69 Å². The van der Waals surface area contributed by atoms with Gasteiger partial charge in [0.25, 0.3) is 0 Å². The first-order valence-corrected chi connectivity index (χ1v) is 8.43. The predicted molar refractivity (Wildman–Crippen MR) is 105 cm³/mol. The summed E-state index contributed by atoms with van der Waals surface area (Å²) in [4.78, 5) is 2.09. The maximum Gasteiger partial charge on any atom is 0.137 e. The van der Waals surface area contributed by atoms with Gasteiger partial charge in [-0.15, -0.1) is 0 Å². The number of benzene rings is 3. The van der Waals surface area contributed by atoms with E-state index in [1.165, 1.54) is 16.7 Å². The van der Waals surface area contributed by atoms with Gasteiger partial charge in [0.15, 0.2) is 0 Å². The molecule has 0 unspecified atom stereocenters. The van der Waals surface area contributed by atoms with Gasteiger partial charge in [-0.25, -0.2) is 0 Å². The molecule has 0 amide bonds. The van der Waals surface area contributed by atoms with Crippen molar-refractivity contribution < 1.29 is 4.74 Å². The molecule has 25 heavy (non-hydrogen) atoms. The molecule has 0 atom stereocenters. The molecule has 0 fully saturated rings. The first-order valence-electron chi connectivity index (χ1n) is 8.43. The number of fused-ring (bicyclic) bond motifs is 2. The van der Waals surface area contributed by atoms with Crippen LogP contribution in [0.5, 0.6) is 11.5 Å². The van der Waals surface area contributed by atoms with Crippen LogP contribution in [0.15, 0.2) is 60.7 Å². The second-order valence-electron chi connectivity index (χ2n) is 6.70. The topological polar surface area (TPSA) is 12.5 Å². The molecule has 3 aromatic rings. The molecule has 0 spiro atoms. The predicted octanol–water partition coefficient (Wildman–Crippen LogP) is 3.82. The Morgan fingerprint density at radius 3 is 2.40 bits per heavy atom. The molecule has 2 nitrogen and oxygen atoms in total. The van der Waals surface area contributed by atoms with Crippen molar-refractivity contribution in [1.29, 1.82) is 0 Å². The van der Waals surface area contributed by atoms with E-state index in [1.807, 2.05) is 26.2 Å². The van der Waals surface area contributed by atoms with Gasteiger partial charge in [0.1, 0.15) is 11.5 Å². The summed E-state index contributed by atoms with van der Waals surface area (Å²) in [6.07, 6.45) is 0. The summed E-state index contributed by atoms with van der Waals surface area (Å²) in [7, 11) is 4.08. The van der Waals surface area contributed by atoms with Crippen LogP contribution in [0.3, 0.4) is 0 Å². The van der Waals surface area contributed by atoms with Gasteiger partial charge in [-0.2, -0.15) is 0 Å². The molecule has 1 heterocycles. The van der Waals surface area contributed by atoms with Crippen molar-refractivity contribution in [3.05, 3.63) is 87.8 Å². The molecule has 2 heteroatoms. The maximum absolute atomic E-state index is 6.25. The van der Waals surface area contributed by atoms with Crippen molar-refractivity contribution in [2.75, 3.05) is 19.0 Å². The first-order chi connectivity index (χ1) is 12.0. The van der Waals surface area contributed by atoms with Crippen molar-refractivity contribution in [3.63, 3.8) is 0 Å². The van der Waals surface area contributed by atoms with Crippen LogP contribution in [-0.4, -0.2) is 14.1 Å². The zero-order valence-electron chi connectivity index (χ0n) is 14.8. The van der Waals surface area contributed by atoms with E-state index < -0.39 is 0 Å². The molecule has 0 aliphatic carbocycles. The van der Waals surface area contributed by atoms with Gasteiger partial charge in [-0.05, 0) is 41.5 Å². The fourth-order valence-corrected chi connectivity index (χ4v) is 3.35. The molecule has 124 valence electrons. The van der Waals surface area contributed by atoms with Crippen LogP contribution < -0.4 is 20.1 Å². The number of rotatable bonds is 2. The van der Waals surface area contributed by atoms with Crippen LogP contribution in [0, 0.1) is 6.92 Å². The molecule has 1 aliphatic rings. The zero-order valence-corrected chi connectivity index (χ0v) is 14.8. The van der Waals surface area contributed by atoms with Crippen LogP contribution in [0.25, 0.3) is 12.2 Å². The third kappa shape index (κ3) is 2.60. The minimum Gasteiger partial charge on any atom is -0.456 e. The average molecular weight is 327 g/mol. The molecule has 0 bridgehead atoms. The molecule has 0 N–H and O–H groups in total. The molecule has 0 saturated carbocycles. The van der Waals surface area contributed by atoms with Crippen LogP contribution in [0.2, 0.25) is 0 Å². The number of hydrogen-bond donors (Lipinski definition) is 0. The second-order valence-corrected chi connectivity index (χ2v) is 6.70. The van der Waals surface area contributed by atoms with Crippen LogP contribution in [0.1, 0.15) is 16.7 Å². The molecular formula is C23H21NO. The fourth-order valence-electron chi connectivity index (χ4n) is 3.35. The van der Waals surface area contributed by atoms with E-state index >= 15 is 0 Å². The molecule has 0 saturated heterocycles. The summed E-state index contributed by atoms with van der Waals surface area (Å²) < 4.78 is 6.25. The number of aryl methyl sites for hydroxylation is 1. The summed E-state index contributed by atoms with van der Waals surface area (Å²) in [6.45, 7) is 6.20. The Kier molecular flexibility index (Phi) is 3.61. The summed E-state index contributed by atoms with van der Waals surface area (Å²) in [5.41, 5.74) is 5.97. The summed E-state index contributed by atoms with van der Waals surface area (Å²) in [5, 5.41) is 2.07. The van der Waals surface area contributed by atoms with E-state index in [4.69, 9.17) is 4.74 Å².